The van der Waals surface area contributed by atoms with Gasteiger partial charge in [0.25, 0.3) is 17.5 Å². The number of nitro groups is 1. The van der Waals surface area contributed by atoms with E-state index in [2.05, 4.69) is 17.1 Å². The normalized spacial score (nSPS) is 17.2. The summed E-state index contributed by atoms with van der Waals surface area (Å²) < 4.78 is 0. The summed E-state index contributed by atoms with van der Waals surface area (Å²) in [4.78, 5) is 40.6. The predicted molar refractivity (Wildman–Crippen MR) is 132 cm³/mol. The van der Waals surface area contributed by atoms with E-state index >= 15 is 0 Å². The van der Waals surface area contributed by atoms with Gasteiger partial charge in [-0.25, -0.2) is 0 Å². The van der Waals surface area contributed by atoms with Crippen LogP contribution in [0.25, 0.3) is 5.57 Å². The SMILES string of the molecule is CC(C)CN1C(=O)C(Nc2ccc(N3CCC(C)CC3)cc2)=C(c2ccc([N+](=O)[O-])cc2)C1=O. The first-order valence-corrected chi connectivity index (χ1v) is 11.7. The molecule has 0 bridgehead atoms. The summed E-state index contributed by atoms with van der Waals surface area (Å²) in [6.07, 6.45) is 2.35. The maximum absolute atomic E-state index is 13.2. The Kier molecular flexibility index (Phi) is 6.68. The Hall–Kier alpha value is -3.68. The van der Waals surface area contributed by atoms with Gasteiger partial charge in [0.2, 0.25) is 0 Å². The predicted octanol–water partition coefficient (Wildman–Crippen LogP) is 4.68. The van der Waals surface area contributed by atoms with Crippen LogP contribution in [-0.4, -0.2) is 41.3 Å². The Bertz CT molecular complexity index is 1110. The molecular formula is C26H30N4O4. The summed E-state index contributed by atoms with van der Waals surface area (Å²) >= 11 is 0. The number of benzene rings is 2. The summed E-state index contributed by atoms with van der Waals surface area (Å²) in [5.41, 5.74) is 2.66. The van der Waals surface area contributed by atoms with Crippen molar-refractivity contribution < 1.29 is 14.5 Å². The molecule has 0 radical (unpaired) electrons. The maximum Gasteiger partial charge on any atom is 0.278 e. The number of rotatable bonds is 7. The lowest BCUT2D eigenvalue weighted by atomic mass is 9.99. The highest BCUT2D eigenvalue weighted by molar-refractivity contribution is 6.36. The van der Waals surface area contributed by atoms with Crippen LogP contribution in [0.1, 0.15) is 39.2 Å². The van der Waals surface area contributed by atoms with Crippen LogP contribution in [-0.2, 0) is 9.59 Å². The van der Waals surface area contributed by atoms with Crippen LogP contribution < -0.4 is 10.2 Å². The smallest absolute Gasteiger partial charge is 0.278 e. The first-order chi connectivity index (χ1) is 16.2. The van der Waals surface area contributed by atoms with E-state index in [-0.39, 0.29) is 28.8 Å². The molecule has 2 heterocycles. The maximum atomic E-state index is 13.2. The number of carbonyl (C=O) groups is 2. The third-order valence-electron chi connectivity index (χ3n) is 6.37. The topological polar surface area (TPSA) is 95.8 Å². The molecule has 1 saturated heterocycles. The number of nitrogens with zero attached hydrogens (tertiary/aromatic N) is 3. The third-order valence-corrected chi connectivity index (χ3v) is 6.37. The number of anilines is 2. The van der Waals surface area contributed by atoms with E-state index in [9.17, 15) is 19.7 Å². The van der Waals surface area contributed by atoms with Crippen molar-refractivity contribution in [2.45, 2.75) is 33.6 Å². The van der Waals surface area contributed by atoms with Gasteiger partial charge in [0, 0.05) is 43.1 Å². The van der Waals surface area contributed by atoms with Crippen LogP contribution in [0.2, 0.25) is 0 Å². The number of imide groups is 1. The molecule has 2 aromatic rings. The molecule has 1 N–H and O–H groups in total. The molecule has 0 aliphatic carbocycles. The van der Waals surface area contributed by atoms with Crippen molar-refractivity contribution in [3.05, 3.63) is 69.9 Å². The zero-order valence-electron chi connectivity index (χ0n) is 19.8. The van der Waals surface area contributed by atoms with Crippen LogP contribution >= 0.6 is 0 Å². The Balaban J connectivity index is 1.63. The molecule has 2 aliphatic heterocycles. The van der Waals surface area contributed by atoms with Crippen LogP contribution in [0.5, 0.6) is 0 Å². The summed E-state index contributed by atoms with van der Waals surface area (Å²) in [5.74, 6) is 0.0776. The van der Waals surface area contributed by atoms with Crippen molar-refractivity contribution >= 4 is 34.4 Å². The number of nitrogens with one attached hydrogen (secondary N) is 1. The van der Waals surface area contributed by atoms with Gasteiger partial charge < -0.3 is 10.2 Å². The van der Waals surface area contributed by atoms with Gasteiger partial charge in [0.1, 0.15) is 5.70 Å². The van der Waals surface area contributed by atoms with Gasteiger partial charge in [0.15, 0.2) is 0 Å². The second kappa shape index (κ2) is 9.67. The lowest BCUT2D eigenvalue weighted by Crippen LogP contribution is -2.35. The van der Waals surface area contributed by atoms with Gasteiger partial charge in [-0.3, -0.25) is 24.6 Å². The van der Waals surface area contributed by atoms with Crippen molar-refractivity contribution in [2.75, 3.05) is 29.9 Å². The molecule has 2 amide bonds. The molecule has 1 fully saturated rings. The first-order valence-electron chi connectivity index (χ1n) is 11.7. The average molecular weight is 463 g/mol. The lowest BCUT2D eigenvalue weighted by Gasteiger charge is -2.32. The minimum atomic E-state index is -0.492. The van der Waals surface area contributed by atoms with Gasteiger partial charge in [-0.1, -0.05) is 20.8 Å². The monoisotopic (exact) mass is 462 g/mol. The lowest BCUT2D eigenvalue weighted by molar-refractivity contribution is -0.384. The number of hydrogen-bond donors (Lipinski definition) is 1. The van der Waals surface area contributed by atoms with Crippen LogP contribution in [0.3, 0.4) is 0 Å². The fourth-order valence-electron chi connectivity index (χ4n) is 4.41. The average Bonchev–Trinajstić information content (AvgIpc) is 3.04. The van der Waals surface area contributed by atoms with Crippen molar-refractivity contribution in [3.63, 3.8) is 0 Å². The highest BCUT2D eigenvalue weighted by atomic mass is 16.6. The highest BCUT2D eigenvalue weighted by Gasteiger charge is 2.39. The van der Waals surface area contributed by atoms with E-state index in [1.807, 2.05) is 38.1 Å². The van der Waals surface area contributed by atoms with Crippen LogP contribution in [0, 0.1) is 22.0 Å². The van der Waals surface area contributed by atoms with Gasteiger partial charge >= 0.3 is 0 Å². The summed E-state index contributed by atoms with van der Waals surface area (Å²) in [5, 5.41) is 14.2. The van der Waals surface area contributed by atoms with Crippen molar-refractivity contribution in [1.82, 2.24) is 4.90 Å². The minimum Gasteiger partial charge on any atom is -0.372 e. The van der Waals surface area contributed by atoms with E-state index in [1.165, 1.54) is 42.0 Å². The molecule has 178 valence electrons. The Labute approximate surface area is 199 Å². The van der Waals surface area contributed by atoms with Crippen molar-refractivity contribution in [2.24, 2.45) is 11.8 Å². The fourth-order valence-corrected chi connectivity index (χ4v) is 4.41. The second-order valence-electron chi connectivity index (χ2n) is 9.51. The van der Waals surface area contributed by atoms with Gasteiger partial charge in [-0.2, -0.15) is 0 Å². The highest BCUT2D eigenvalue weighted by Crippen LogP contribution is 2.32. The molecular weight excluding hydrogens is 432 g/mol. The Morgan fingerprint density at radius 2 is 1.62 bits per heavy atom. The Morgan fingerprint density at radius 3 is 2.18 bits per heavy atom. The summed E-state index contributed by atoms with van der Waals surface area (Å²) in [6, 6.07) is 13.6. The fraction of sp³-hybridized carbons (Fsp3) is 0.385. The number of amides is 2. The molecule has 0 saturated carbocycles. The molecule has 2 aliphatic rings. The molecule has 0 spiro atoms. The van der Waals surface area contributed by atoms with Crippen LogP contribution in [0.4, 0.5) is 17.1 Å². The van der Waals surface area contributed by atoms with E-state index in [1.54, 1.807) is 0 Å². The van der Waals surface area contributed by atoms with E-state index in [0.29, 0.717) is 17.8 Å². The van der Waals surface area contributed by atoms with E-state index in [4.69, 9.17) is 0 Å². The quantitative estimate of drug-likeness (QED) is 0.365. The van der Waals surface area contributed by atoms with Gasteiger partial charge in [-0.05, 0) is 66.6 Å². The summed E-state index contributed by atoms with van der Waals surface area (Å²) in [6.45, 7) is 8.52. The zero-order valence-corrected chi connectivity index (χ0v) is 19.8. The summed E-state index contributed by atoms with van der Waals surface area (Å²) in [7, 11) is 0. The van der Waals surface area contributed by atoms with Gasteiger partial charge in [0.05, 0.1) is 10.5 Å². The van der Waals surface area contributed by atoms with E-state index < -0.39 is 10.8 Å². The first kappa shape index (κ1) is 23.5. The molecule has 34 heavy (non-hydrogen) atoms. The molecule has 0 aromatic heterocycles. The molecule has 8 heteroatoms. The standard InChI is InChI=1S/C26H30N4O4/c1-17(2)16-29-25(31)23(19-4-8-22(9-5-19)30(33)34)24(26(29)32)27-20-6-10-21(11-7-20)28-14-12-18(3)13-15-28/h4-11,17-18,27H,12-16H2,1-3H3. The van der Waals surface area contributed by atoms with Gasteiger partial charge in [-0.15, -0.1) is 0 Å². The number of non-ortho nitro benzene ring substituents is 1. The largest absolute Gasteiger partial charge is 0.372 e. The third kappa shape index (κ3) is 4.81. The number of hydrogen-bond acceptors (Lipinski definition) is 6. The van der Waals surface area contributed by atoms with Crippen LogP contribution in [0.15, 0.2) is 54.2 Å². The number of nitro benzene ring substituents is 1. The zero-order chi connectivity index (χ0) is 24.4. The molecule has 2 aromatic carbocycles. The second-order valence-corrected chi connectivity index (χ2v) is 9.51. The van der Waals surface area contributed by atoms with Crippen molar-refractivity contribution in [1.29, 1.82) is 0 Å². The molecule has 0 unspecified atom stereocenters. The molecule has 0 atom stereocenters. The molecule has 8 nitrogen and oxygen atoms in total. The number of piperidine rings is 1. The van der Waals surface area contributed by atoms with Crippen molar-refractivity contribution in [3.8, 4) is 0 Å². The molecule has 4 rings (SSSR count). The van der Waals surface area contributed by atoms with E-state index in [0.717, 1.165) is 24.7 Å². The number of carbonyl (C=O) groups excluding carboxylic acids is 2. The minimum absolute atomic E-state index is 0.0719. The Morgan fingerprint density at radius 1 is 1.00 bits per heavy atom.